The Kier molecular flexibility index (Phi) is 7.84. The van der Waals surface area contributed by atoms with Crippen LogP contribution in [0.15, 0.2) is 29.2 Å². The zero-order valence-corrected chi connectivity index (χ0v) is 16.9. The molecule has 1 aromatic carbocycles. The highest BCUT2D eigenvalue weighted by Crippen LogP contribution is 2.21. The largest absolute Gasteiger partial charge is 0.369 e. The van der Waals surface area contributed by atoms with Crippen molar-refractivity contribution in [3.8, 4) is 12.3 Å². The van der Waals surface area contributed by atoms with E-state index in [9.17, 15) is 13.2 Å². The molecule has 0 atom stereocenters. The summed E-state index contributed by atoms with van der Waals surface area (Å²) in [6, 6.07) is 6.23. The van der Waals surface area contributed by atoms with Gasteiger partial charge in [-0.3, -0.25) is 4.79 Å². The number of ether oxygens (including phenoxy) is 1. The third kappa shape index (κ3) is 5.32. The van der Waals surface area contributed by atoms with Crippen LogP contribution in [0.3, 0.4) is 0 Å². The molecule has 1 aliphatic heterocycles. The van der Waals surface area contributed by atoms with Gasteiger partial charge in [-0.1, -0.05) is 19.8 Å². The summed E-state index contributed by atoms with van der Waals surface area (Å²) >= 11 is 0. The van der Waals surface area contributed by atoms with Crippen molar-refractivity contribution in [3.63, 3.8) is 0 Å². The summed E-state index contributed by atoms with van der Waals surface area (Å²) in [5, 5.41) is 0. The van der Waals surface area contributed by atoms with Crippen LogP contribution in [0.1, 0.15) is 37.0 Å². The molecule has 0 N–H and O–H groups in total. The van der Waals surface area contributed by atoms with Crippen molar-refractivity contribution >= 4 is 15.9 Å². The maximum absolute atomic E-state index is 12.7. The number of hydrogen-bond donors (Lipinski definition) is 0. The van der Waals surface area contributed by atoms with E-state index in [1.54, 1.807) is 26.0 Å². The van der Waals surface area contributed by atoms with Gasteiger partial charge in [0.15, 0.2) is 0 Å². The topological polar surface area (TPSA) is 66.9 Å². The van der Waals surface area contributed by atoms with Gasteiger partial charge in [-0.25, -0.2) is 8.42 Å². The Morgan fingerprint density at radius 1 is 1.22 bits per heavy atom. The van der Waals surface area contributed by atoms with Crippen molar-refractivity contribution in [2.75, 3.05) is 39.4 Å². The van der Waals surface area contributed by atoms with Gasteiger partial charge in [-0.2, -0.15) is 4.31 Å². The van der Waals surface area contributed by atoms with Gasteiger partial charge in [0.05, 0.1) is 11.5 Å². The number of nitrogens with zero attached hydrogens (tertiary/aromatic N) is 2. The van der Waals surface area contributed by atoms with Crippen LogP contribution in [0.2, 0.25) is 0 Å². The third-order valence-electron chi connectivity index (χ3n) is 4.89. The Labute approximate surface area is 162 Å². The lowest BCUT2D eigenvalue weighted by Gasteiger charge is -2.32. The predicted molar refractivity (Wildman–Crippen MR) is 105 cm³/mol. The molecule has 0 unspecified atom stereocenters. The molecule has 0 saturated carbocycles. The predicted octanol–water partition coefficient (Wildman–Crippen LogP) is 2.22. The van der Waals surface area contributed by atoms with E-state index in [0.717, 1.165) is 12.8 Å². The first-order chi connectivity index (χ1) is 12.9. The SMILES string of the molecule is C#CCOCC1CCN(C(=O)c2ccc(S(=O)(=O)N(CC)CC)cc2)CC1. The van der Waals surface area contributed by atoms with E-state index in [1.807, 2.05) is 4.90 Å². The van der Waals surface area contributed by atoms with Crippen LogP contribution in [0.5, 0.6) is 0 Å². The van der Waals surface area contributed by atoms with E-state index in [2.05, 4.69) is 5.92 Å². The lowest BCUT2D eigenvalue weighted by atomic mass is 9.97. The second-order valence-electron chi connectivity index (χ2n) is 6.57. The Balaban J connectivity index is 1.98. The monoisotopic (exact) mass is 392 g/mol. The molecule has 27 heavy (non-hydrogen) atoms. The Bertz CT molecular complexity index is 756. The number of rotatable bonds is 8. The third-order valence-corrected chi connectivity index (χ3v) is 6.95. The van der Waals surface area contributed by atoms with Crippen LogP contribution >= 0.6 is 0 Å². The van der Waals surface area contributed by atoms with Gasteiger partial charge >= 0.3 is 0 Å². The molecule has 1 fully saturated rings. The van der Waals surface area contributed by atoms with Crippen LogP contribution in [0.25, 0.3) is 0 Å². The average molecular weight is 393 g/mol. The van der Waals surface area contributed by atoms with Crippen molar-refractivity contribution in [3.05, 3.63) is 29.8 Å². The molecule has 1 saturated heterocycles. The molecule has 0 spiro atoms. The lowest BCUT2D eigenvalue weighted by Crippen LogP contribution is -2.39. The first-order valence-electron chi connectivity index (χ1n) is 9.34. The summed E-state index contributed by atoms with van der Waals surface area (Å²) < 4.78 is 31.8. The van der Waals surface area contributed by atoms with Gasteiger partial charge < -0.3 is 9.64 Å². The van der Waals surface area contributed by atoms with Gasteiger partial charge in [0.25, 0.3) is 5.91 Å². The highest BCUT2D eigenvalue weighted by Gasteiger charge is 2.25. The van der Waals surface area contributed by atoms with E-state index >= 15 is 0 Å². The van der Waals surface area contributed by atoms with Crippen molar-refractivity contribution < 1.29 is 17.9 Å². The zero-order chi connectivity index (χ0) is 19.9. The highest BCUT2D eigenvalue weighted by molar-refractivity contribution is 7.89. The molecule has 1 aliphatic rings. The molecule has 0 bridgehead atoms. The molecule has 148 valence electrons. The Hall–Kier alpha value is -1.88. The summed E-state index contributed by atoms with van der Waals surface area (Å²) in [5.74, 6) is 2.81. The number of amides is 1. The van der Waals surface area contributed by atoms with Crippen LogP contribution in [-0.2, 0) is 14.8 Å². The van der Waals surface area contributed by atoms with Crippen molar-refractivity contribution in [2.45, 2.75) is 31.6 Å². The number of likely N-dealkylation sites (tertiary alicyclic amines) is 1. The van der Waals surface area contributed by atoms with E-state index in [4.69, 9.17) is 11.2 Å². The maximum atomic E-state index is 12.7. The Morgan fingerprint density at radius 3 is 2.33 bits per heavy atom. The van der Waals surface area contributed by atoms with E-state index in [1.165, 1.54) is 16.4 Å². The first kappa shape index (κ1) is 21.4. The second-order valence-corrected chi connectivity index (χ2v) is 8.51. The van der Waals surface area contributed by atoms with Gasteiger partial charge in [0, 0.05) is 31.7 Å². The number of terminal acetylenes is 1. The van der Waals surface area contributed by atoms with E-state index in [-0.39, 0.29) is 10.8 Å². The molecule has 2 rings (SSSR count). The second kappa shape index (κ2) is 9.88. The summed E-state index contributed by atoms with van der Waals surface area (Å²) in [4.78, 5) is 14.7. The highest BCUT2D eigenvalue weighted by atomic mass is 32.2. The van der Waals surface area contributed by atoms with Crippen molar-refractivity contribution in [1.29, 1.82) is 0 Å². The molecule has 1 amide bonds. The van der Waals surface area contributed by atoms with Crippen LogP contribution in [0.4, 0.5) is 0 Å². The number of sulfonamides is 1. The summed E-state index contributed by atoms with van der Waals surface area (Å²) in [6.07, 6.45) is 6.93. The van der Waals surface area contributed by atoms with E-state index < -0.39 is 10.0 Å². The standard InChI is InChI=1S/C20H28N2O4S/c1-4-15-26-16-17-11-13-21(14-12-17)20(23)18-7-9-19(10-8-18)27(24,25)22(5-2)6-3/h1,7-10,17H,5-6,11-16H2,2-3H3. The smallest absolute Gasteiger partial charge is 0.253 e. The molecule has 0 radical (unpaired) electrons. The number of carbonyl (C=O) groups excluding carboxylic acids is 1. The van der Waals surface area contributed by atoms with Crippen LogP contribution in [-0.4, -0.2) is 62.9 Å². The molecular formula is C20H28N2O4S. The zero-order valence-electron chi connectivity index (χ0n) is 16.1. The fourth-order valence-electron chi connectivity index (χ4n) is 3.25. The number of hydrogen-bond acceptors (Lipinski definition) is 4. The summed E-state index contributed by atoms with van der Waals surface area (Å²) in [7, 11) is -3.51. The molecule has 0 aliphatic carbocycles. The van der Waals surface area contributed by atoms with Gasteiger partial charge in [-0.15, -0.1) is 6.42 Å². The molecule has 7 heteroatoms. The lowest BCUT2D eigenvalue weighted by molar-refractivity contribution is 0.0582. The average Bonchev–Trinajstić information content (AvgIpc) is 2.69. The van der Waals surface area contributed by atoms with Crippen LogP contribution < -0.4 is 0 Å². The normalized spacial score (nSPS) is 15.7. The molecule has 1 heterocycles. The Morgan fingerprint density at radius 2 is 1.81 bits per heavy atom. The minimum atomic E-state index is -3.51. The van der Waals surface area contributed by atoms with Gasteiger partial charge in [0.1, 0.15) is 6.61 Å². The van der Waals surface area contributed by atoms with Crippen LogP contribution in [0, 0.1) is 18.3 Å². The van der Waals surface area contributed by atoms with Crippen molar-refractivity contribution in [2.24, 2.45) is 5.92 Å². The quantitative estimate of drug-likeness (QED) is 0.503. The number of benzene rings is 1. The molecule has 0 aromatic heterocycles. The van der Waals surface area contributed by atoms with Gasteiger partial charge in [-0.05, 0) is 43.0 Å². The number of carbonyl (C=O) groups is 1. The first-order valence-corrected chi connectivity index (χ1v) is 10.8. The fourth-order valence-corrected chi connectivity index (χ4v) is 4.71. The molecule has 6 nitrogen and oxygen atoms in total. The fraction of sp³-hybridized carbons (Fsp3) is 0.550. The summed E-state index contributed by atoms with van der Waals surface area (Å²) in [5.41, 5.74) is 0.510. The maximum Gasteiger partial charge on any atom is 0.253 e. The molecular weight excluding hydrogens is 364 g/mol. The minimum Gasteiger partial charge on any atom is -0.369 e. The molecule has 1 aromatic rings. The van der Waals surface area contributed by atoms with E-state index in [0.29, 0.717) is 50.9 Å². The minimum absolute atomic E-state index is 0.0650. The van der Waals surface area contributed by atoms with Gasteiger partial charge in [0.2, 0.25) is 10.0 Å². The van der Waals surface area contributed by atoms with Crippen molar-refractivity contribution in [1.82, 2.24) is 9.21 Å². The number of piperidine rings is 1. The summed E-state index contributed by atoms with van der Waals surface area (Å²) in [6.45, 7) is 6.73.